The Balaban J connectivity index is 1.74. The summed E-state index contributed by atoms with van der Waals surface area (Å²) in [6.07, 6.45) is 0.376. The number of amides is 2. The van der Waals surface area contributed by atoms with Crippen LogP contribution in [0.15, 0.2) is 48.5 Å². The lowest BCUT2D eigenvalue weighted by atomic mass is 10.2. The van der Waals surface area contributed by atoms with Crippen LogP contribution >= 0.6 is 0 Å². The van der Waals surface area contributed by atoms with Gasteiger partial charge in [-0.1, -0.05) is 17.7 Å². The molecular formula is C18H21N3O2. The lowest BCUT2D eigenvalue weighted by Crippen LogP contribution is -2.16. The van der Waals surface area contributed by atoms with Crippen LogP contribution in [0, 0.1) is 6.92 Å². The van der Waals surface area contributed by atoms with Gasteiger partial charge in [0.15, 0.2) is 0 Å². The van der Waals surface area contributed by atoms with E-state index in [9.17, 15) is 9.59 Å². The zero-order valence-corrected chi connectivity index (χ0v) is 13.3. The normalized spacial score (nSPS) is 10.0. The van der Waals surface area contributed by atoms with Gasteiger partial charge in [-0.15, -0.1) is 0 Å². The lowest BCUT2D eigenvalue weighted by Gasteiger charge is -2.09. The van der Waals surface area contributed by atoms with Crippen molar-refractivity contribution in [3.63, 3.8) is 0 Å². The summed E-state index contributed by atoms with van der Waals surface area (Å²) in [5, 5.41) is 8.74. The molecule has 0 aliphatic heterocycles. The highest BCUT2D eigenvalue weighted by atomic mass is 16.2. The first-order valence-corrected chi connectivity index (χ1v) is 7.51. The van der Waals surface area contributed by atoms with Crippen molar-refractivity contribution >= 4 is 28.9 Å². The van der Waals surface area contributed by atoms with Crippen LogP contribution in [0.3, 0.4) is 0 Å². The first kappa shape index (κ1) is 16.5. The number of hydrogen-bond donors (Lipinski definition) is 3. The number of carbonyl (C=O) groups is 2. The second-order valence-electron chi connectivity index (χ2n) is 5.35. The predicted molar refractivity (Wildman–Crippen MR) is 93.7 cm³/mol. The van der Waals surface area contributed by atoms with Crippen molar-refractivity contribution in [1.82, 2.24) is 0 Å². The standard InChI is InChI=1S/C18H21N3O2/c1-13-3-5-17(6-4-13)21-18(23)11-12-19-15-7-9-16(10-8-15)20-14(2)22/h3-10,19H,11-12H2,1-2H3,(H,20,22)(H,21,23). The van der Waals surface area contributed by atoms with Crippen LogP contribution in [0.2, 0.25) is 0 Å². The molecule has 5 nitrogen and oxygen atoms in total. The maximum absolute atomic E-state index is 11.9. The second kappa shape index (κ2) is 7.98. The van der Waals surface area contributed by atoms with Gasteiger partial charge in [0.25, 0.3) is 0 Å². The van der Waals surface area contributed by atoms with Crippen molar-refractivity contribution in [3.05, 3.63) is 54.1 Å². The molecule has 0 radical (unpaired) electrons. The minimum Gasteiger partial charge on any atom is -0.385 e. The molecule has 0 spiro atoms. The lowest BCUT2D eigenvalue weighted by molar-refractivity contribution is -0.116. The number of aryl methyl sites for hydroxylation is 1. The molecule has 0 bridgehead atoms. The van der Waals surface area contributed by atoms with E-state index in [1.165, 1.54) is 6.92 Å². The van der Waals surface area contributed by atoms with Crippen molar-refractivity contribution < 1.29 is 9.59 Å². The van der Waals surface area contributed by atoms with Crippen molar-refractivity contribution in [2.75, 3.05) is 22.5 Å². The van der Waals surface area contributed by atoms with E-state index in [0.29, 0.717) is 13.0 Å². The summed E-state index contributed by atoms with van der Waals surface area (Å²) in [6, 6.07) is 15.1. The van der Waals surface area contributed by atoms with Crippen LogP contribution in [-0.2, 0) is 9.59 Å². The number of rotatable bonds is 6. The van der Waals surface area contributed by atoms with E-state index in [-0.39, 0.29) is 11.8 Å². The fourth-order valence-corrected chi connectivity index (χ4v) is 2.06. The van der Waals surface area contributed by atoms with Gasteiger partial charge in [0.05, 0.1) is 0 Å². The molecule has 2 aromatic carbocycles. The molecule has 0 heterocycles. The van der Waals surface area contributed by atoms with Crippen LogP contribution in [-0.4, -0.2) is 18.4 Å². The van der Waals surface area contributed by atoms with E-state index in [1.54, 1.807) is 0 Å². The van der Waals surface area contributed by atoms with Crippen molar-refractivity contribution in [1.29, 1.82) is 0 Å². The first-order chi connectivity index (χ1) is 11.0. The van der Waals surface area contributed by atoms with E-state index < -0.39 is 0 Å². The maximum atomic E-state index is 11.9. The fourth-order valence-electron chi connectivity index (χ4n) is 2.06. The summed E-state index contributed by atoms with van der Waals surface area (Å²) in [4.78, 5) is 22.8. The average Bonchev–Trinajstić information content (AvgIpc) is 2.51. The summed E-state index contributed by atoms with van der Waals surface area (Å²) in [5.74, 6) is -0.130. The topological polar surface area (TPSA) is 70.2 Å². The zero-order valence-electron chi connectivity index (χ0n) is 13.3. The third-order valence-electron chi connectivity index (χ3n) is 3.22. The second-order valence-corrected chi connectivity index (χ2v) is 5.35. The maximum Gasteiger partial charge on any atom is 0.226 e. The Kier molecular flexibility index (Phi) is 5.74. The Bertz CT molecular complexity index is 664. The number of benzene rings is 2. The van der Waals surface area contributed by atoms with E-state index in [4.69, 9.17) is 0 Å². The summed E-state index contributed by atoms with van der Waals surface area (Å²) in [7, 11) is 0. The van der Waals surface area contributed by atoms with Crippen LogP contribution in [0.25, 0.3) is 0 Å². The van der Waals surface area contributed by atoms with Crippen LogP contribution in [0.1, 0.15) is 18.9 Å². The molecule has 0 unspecified atom stereocenters. The van der Waals surface area contributed by atoms with Gasteiger partial charge >= 0.3 is 0 Å². The average molecular weight is 311 g/mol. The number of nitrogens with one attached hydrogen (secondary N) is 3. The molecule has 2 aromatic rings. The minimum absolute atomic E-state index is 0.0313. The Morgan fingerprint density at radius 1 is 0.826 bits per heavy atom. The van der Waals surface area contributed by atoms with E-state index >= 15 is 0 Å². The minimum atomic E-state index is -0.0986. The van der Waals surface area contributed by atoms with Crippen LogP contribution in [0.5, 0.6) is 0 Å². The van der Waals surface area contributed by atoms with E-state index in [2.05, 4.69) is 16.0 Å². The highest BCUT2D eigenvalue weighted by molar-refractivity contribution is 5.91. The molecule has 2 rings (SSSR count). The molecule has 2 amide bonds. The summed E-state index contributed by atoms with van der Waals surface area (Å²) in [6.45, 7) is 4.02. The van der Waals surface area contributed by atoms with E-state index in [0.717, 1.165) is 22.6 Å². The molecule has 0 saturated heterocycles. The fraction of sp³-hybridized carbons (Fsp3) is 0.222. The quantitative estimate of drug-likeness (QED) is 0.766. The smallest absolute Gasteiger partial charge is 0.226 e. The Morgan fingerprint density at radius 2 is 1.35 bits per heavy atom. The van der Waals surface area contributed by atoms with E-state index in [1.807, 2.05) is 55.5 Å². The third kappa shape index (κ3) is 5.82. The molecule has 3 N–H and O–H groups in total. The molecule has 0 fully saturated rings. The third-order valence-corrected chi connectivity index (χ3v) is 3.22. The summed E-state index contributed by atoms with van der Waals surface area (Å²) in [5.41, 5.74) is 3.62. The molecule has 5 heteroatoms. The predicted octanol–water partition coefficient (Wildman–Crippen LogP) is 3.39. The Hall–Kier alpha value is -2.82. The van der Waals surface area contributed by atoms with Gasteiger partial charge in [-0.3, -0.25) is 9.59 Å². The van der Waals surface area contributed by atoms with Gasteiger partial charge in [0, 0.05) is 37.0 Å². The SMILES string of the molecule is CC(=O)Nc1ccc(NCCC(=O)Nc2ccc(C)cc2)cc1. The molecule has 23 heavy (non-hydrogen) atoms. The molecule has 0 aliphatic carbocycles. The number of carbonyl (C=O) groups excluding carboxylic acids is 2. The number of hydrogen-bond acceptors (Lipinski definition) is 3. The van der Waals surface area contributed by atoms with Crippen molar-refractivity contribution in [2.45, 2.75) is 20.3 Å². The monoisotopic (exact) mass is 311 g/mol. The molecule has 0 saturated carbocycles. The summed E-state index contributed by atoms with van der Waals surface area (Å²) >= 11 is 0. The molecule has 120 valence electrons. The Labute approximate surface area is 136 Å². The Morgan fingerprint density at radius 3 is 1.96 bits per heavy atom. The van der Waals surface area contributed by atoms with Gasteiger partial charge in [0.1, 0.15) is 0 Å². The molecular weight excluding hydrogens is 290 g/mol. The highest BCUT2D eigenvalue weighted by Crippen LogP contribution is 2.13. The van der Waals surface area contributed by atoms with Gasteiger partial charge in [-0.2, -0.15) is 0 Å². The van der Waals surface area contributed by atoms with Crippen LogP contribution < -0.4 is 16.0 Å². The summed E-state index contributed by atoms with van der Waals surface area (Å²) < 4.78 is 0. The van der Waals surface area contributed by atoms with Crippen LogP contribution in [0.4, 0.5) is 17.1 Å². The highest BCUT2D eigenvalue weighted by Gasteiger charge is 2.02. The first-order valence-electron chi connectivity index (χ1n) is 7.51. The molecule has 0 atom stereocenters. The molecule has 0 aromatic heterocycles. The van der Waals surface area contributed by atoms with Gasteiger partial charge < -0.3 is 16.0 Å². The van der Waals surface area contributed by atoms with Gasteiger partial charge in [0.2, 0.25) is 11.8 Å². The van der Waals surface area contributed by atoms with Crippen molar-refractivity contribution in [2.24, 2.45) is 0 Å². The van der Waals surface area contributed by atoms with Crippen molar-refractivity contribution in [3.8, 4) is 0 Å². The largest absolute Gasteiger partial charge is 0.385 e. The number of anilines is 3. The molecule has 0 aliphatic rings. The van der Waals surface area contributed by atoms with Gasteiger partial charge in [-0.05, 0) is 43.3 Å². The zero-order chi connectivity index (χ0) is 16.7. The van der Waals surface area contributed by atoms with Gasteiger partial charge in [-0.25, -0.2) is 0 Å².